The van der Waals surface area contributed by atoms with E-state index in [0.29, 0.717) is 38.5 Å². The number of aromatic nitrogens is 1. The Balaban J connectivity index is 1.47. The van der Waals surface area contributed by atoms with E-state index < -0.39 is 0 Å². The van der Waals surface area contributed by atoms with E-state index in [1.807, 2.05) is 29.0 Å². The number of rotatable bonds is 7. The zero-order valence-electron chi connectivity index (χ0n) is 17.2. The summed E-state index contributed by atoms with van der Waals surface area (Å²) in [6.07, 6.45) is 0. The number of amides is 2. The Hall–Kier alpha value is -3.69. The van der Waals surface area contributed by atoms with Gasteiger partial charge in [0.05, 0.1) is 24.8 Å². The van der Waals surface area contributed by atoms with Crippen molar-refractivity contribution in [3.05, 3.63) is 75.8 Å². The van der Waals surface area contributed by atoms with Crippen molar-refractivity contribution in [3.8, 4) is 22.8 Å². The van der Waals surface area contributed by atoms with E-state index in [1.165, 1.54) is 22.7 Å². The number of carbonyl (C=O) groups excluding carboxylic acids is 2. The molecule has 2 aromatic carbocycles. The molecule has 0 fully saturated rings. The molecule has 0 spiro atoms. The number of nitrogens with zero attached hydrogens (tertiary/aromatic N) is 1. The average molecular weight is 466 g/mol. The molecule has 4 rings (SSSR count). The van der Waals surface area contributed by atoms with E-state index in [1.54, 1.807) is 50.6 Å². The number of thiazole rings is 1. The number of ether oxygens (including phenoxy) is 2. The fraction of sp³-hybridized carbons (Fsp3) is 0.0870. The Morgan fingerprint density at radius 2 is 1.78 bits per heavy atom. The highest BCUT2D eigenvalue weighted by Gasteiger charge is 2.14. The molecular weight excluding hydrogens is 446 g/mol. The van der Waals surface area contributed by atoms with Crippen LogP contribution in [0.3, 0.4) is 0 Å². The molecule has 2 heterocycles. The van der Waals surface area contributed by atoms with Crippen LogP contribution in [0.1, 0.15) is 20.0 Å². The van der Waals surface area contributed by atoms with Crippen molar-refractivity contribution in [2.24, 2.45) is 0 Å². The molecule has 4 aromatic rings. The van der Waals surface area contributed by atoms with Gasteiger partial charge in [0.1, 0.15) is 11.5 Å². The number of hydrogen-bond acceptors (Lipinski definition) is 7. The SMILES string of the molecule is COc1ccc(-c2csc(NC(=O)c3cccc(NC(=O)c4cccs4)c3)n2)c(OC)c1. The number of methoxy groups -OCH3 is 2. The number of thiophene rings is 1. The Bertz CT molecular complexity index is 1250. The molecule has 2 N–H and O–H groups in total. The molecule has 2 amide bonds. The maximum atomic E-state index is 12.7. The molecular formula is C23H19N3O4S2. The largest absolute Gasteiger partial charge is 0.497 e. The molecule has 0 radical (unpaired) electrons. The van der Waals surface area contributed by atoms with Crippen LogP contribution in [0.25, 0.3) is 11.3 Å². The highest BCUT2D eigenvalue weighted by molar-refractivity contribution is 7.14. The molecule has 9 heteroatoms. The molecule has 0 bridgehead atoms. The lowest BCUT2D eigenvalue weighted by Gasteiger charge is -2.08. The maximum Gasteiger partial charge on any atom is 0.265 e. The van der Waals surface area contributed by atoms with Crippen molar-refractivity contribution in [2.75, 3.05) is 24.9 Å². The third-order valence-electron chi connectivity index (χ3n) is 4.54. The van der Waals surface area contributed by atoms with Crippen molar-refractivity contribution >= 4 is 45.3 Å². The summed E-state index contributed by atoms with van der Waals surface area (Å²) in [5, 5.41) is 9.75. The zero-order valence-corrected chi connectivity index (χ0v) is 18.9. The molecule has 32 heavy (non-hydrogen) atoms. The van der Waals surface area contributed by atoms with Crippen LogP contribution in [0.5, 0.6) is 11.5 Å². The van der Waals surface area contributed by atoms with Gasteiger partial charge in [-0.25, -0.2) is 4.98 Å². The molecule has 0 aliphatic carbocycles. The van der Waals surface area contributed by atoms with Crippen LogP contribution < -0.4 is 20.1 Å². The van der Waals surface area contributed by atoms with E-state index >= 15 is 0 Å². The minimum atomic E-state index is -0.320. The molecule has 0 saturated carbocycles. The van der Waals surface area contributed by atoms with Crippen LogP contribution in [0.4, 0.5) is 10.8 Å². The molecule has 0 aliphatic heterocycles. The van der Waals surface area contributed by atoms with Crippen molar-refractivity contribution in [3.63, 3.8) is 0 Å². The van der Waals surface area contributed by atoms with Crippen LogP contribution in [-0.4, -0.2) is 31.0 Å². The first-order valence-corrected chi connectivity index (χ1v) is 11.3. The third-order valence-corrected chi connectivity index (χ3v) is 6.16. The van der Waals surface area contributed by atoms with Crippen molar-refractivity contribution in [1.82, 2.24) is 4.98 Å². The summed E-state index contributed by atoms with van der Waals surface area (Å²) in [5.41, 5.74) is 2.43. The second kappa shape index (κ2) is 9.63. The van der Waals surface area contributed by atoms with Gasteiger partial charge in [0.25, 0.3) is 11.8 Å². The lowest BCUT2D eigenvalue weighted by Crippen LogP contribution is -2.14. The van der Waals surface area contributed by atoms with Crippen LogP contribution in [-0.2, 0) is 0 Å². The van der Waals surface area contributed by atoms with Gasteiger partial charge in [-0.05, 0) is 41.8 Å². The van der Waals surface area contributed by atoms with Crippen molar-refractivity contribution in [1.29, 1.82) is 0 Å². The third kappa shape index (κ3) is 4.79. The number of anilines is 2. The molecule has 0 aliphatic rings. The van der Waals surface area contributed by atoms with E-state index in [0.717, 1.165) is 5.56 Å². The van der Waals surface area contributed by atoms with Gasteiger partial charge in [0, 0.05) is 28.3 Å². The van der Waals surface area contributed by atoms with E-state index in [4.69, 9.17) is 9.47 Å². The predicted molar refractivity (Wildman–Crippen MR) is 127 cm³/mol. The fourth-order valence-electron chi connectivity index (χ4n) is 2.97. The molecule has 0 saturated heterocycles. The molecule has 7 nitrogen and oxygen atoms in total. The van der Waals surface area contributed by atoms with Gasteiger partial charge in [0.15, 0.2) is 5.13 Å². The van der Waals surface area contributed by atoms with Gasteiger partial charge in [0.2, 0.25) is 0 Å². The van der Waals surface area contributed by atoms with Gasteiger partial charge < -0.3 is 14.8 Å². The summed E-state index contributed by atoms with van der Waals surface area (Å²) in [4.78, 5) is 30.1. The number of nitrogens with one attached hydrogen (secondary N) is 2. The topological polar surface area (TPSA) is 89.6 Å². The summed E-state index contributed by atoms with van der Waals surface area (Å²) in [6.45, 7) is 0. The summed E-state index contributed by atoms with van der Waals surface area (Å²) in [6, 6.07) is 15.8. The van der Waals surface area contributed by atoms with E-state index in [2.05, 4.69) is 15.6 Å². The Morgan fingerprint density at radius 3 is 2.53 bits per heavy atom. The number of hydrogen-bond donors (Lipinski definition) is 2. The van der Waals surface area contributed by atoms with Crippen molar-refractivity contribution in [2.45, 2.75) is 0 Å². The van der Waals surface area contributed by atoms with E-state index in [-0.39, 0.29) is 11.8 Å². The van der Waals surface area contributed by atoms with Crippen LogP contribution in [0.2, 0.25) is 0 Å². The lowest BCUT2D eigenvalue weighted by molar-refractivity contribution is 0.101. The summed E-state index contributed by atoms with van der Waals surface area (Å²) >= 11 is 2.66. The minimum absolute atomic E-state index is 0.212. The standard InChI is InChI=1S/C23H19N3O4S2/c1-29-16-8-9-17(19(12-16)30-2)18-13-32-23(25-18)26-21(27)14-5-3-6-15(11-14)24-22(28)20-7-4-10-31-20/h3-13H,1-2H3,(H,24,28)(H,25,26,27). The van der Waals surface area contributed by atoms with Gasteiger partial charge in [-0.15, -0.1) is 22.7 Å². The monoisotopic (exact) mass is 465 g/mol. The quantitative estimate of drug-likeness (QED) is 0.382. The fourth-order valence-corrected chi connectivity index (χ4v) is 4.30. The lowest BCUT2D eigenvalue weighted by atomic mass is 10.1. The van der Waals surface area contributed by atoms with E-state index in [9.17, 15) is 9.59 Å². The van der Waals surface area contributed by atoms with Gasteiger partial charge >= 0.3 is 0 Å². The van der Waals surface area contributed by atoms with Gasteiger partial charge in [-0.1, -0.05) is 12.1 Å². The zero-order chi connectivity index (χ0) is 22.5. The van der Waals surface area contributed by atoms with Gasteiger partial charge in [-0.2, -0.15) is 0 Å². The highest BCUT2D eigenvalue weighted by atomic mass is 32.1. The average Bonchev–Trinajstić information content (AvgIpc) is 3.51. The maximum absolute atomic E-state index is 12.7. The minimum Gasteiger partial charge on any atom is -0.497 e. The predicted octanol–water partition coefficient (Wildman–Crippen LogP) is 5.39. The van der Waals surface area contributed by atoms with Crippen molar-refractivity contribution < 1.29 is 19.1 Å². The number of carbonyl (C=O) groups is 2. The van der Waals surface area contributed by atoms with Crippen LogP contribution in [0, 0.1) is 0 Å². The molecule has 0 unspecified atom stereocenters. The number of benzene rings is 2. The first-order chi connectivity index (χ1) is 15.6. The second-order valence-electron chi connectivity index (χ2n) is 6.57. The highest BCUT2D eigenvalue weighted by Crippen LogP contribution is 2.35. The summed E-state index contributed by atoms with van der Waals surface area (Å²) < 4.78 is 10.7. The van der Waals surface area contributed by atoms with Crippen LogP contribution in [0.15, 0.2) is 65.4 Å². The Labute approximate surface area is 192 Å². The second-order valence-corrected chi connectivity index (χ2v) is 8.38. The molecule has 162 valence electrons. The smallest absolute Gasteiger partial charge is 0.265 e. The summed E-state index contributed by atoms with van der Waals surface area (Å²) in [7, 11) is 3.17. The molecule has 0 atom stereocenters. The normalized spacial score (nSPS) is 10.4. The molecule has 2 aromatic heterocycles. The first kappa shape index (κ1) is 21.5. The van der Waals surface area contributed by atoms with Crippen LogP contribution >= 0.6 is 22.7 Å². The van der Waals surface area contributed by atoms with Gasteiger partial charge in [-0.3, -0.25) is 14.9 Å². The Morgan fingerprint density at radius 1 is 0.906 bits per heavy atom. The Kier molecular flexibility index (Phi) is 6.48. The first-order valence-electron chi connectivity index (χ1n) is 9.51. The summed E-state index contributed by atoms with van der Waals surface area (Å²) in [5.74, 6) is 0.775.